The first-order valence-electron chi connectivity index (χ1n) is 6.05. The molecule has 1 aromatic rings. The Bertz CT molecular complexity index is 269. The highest BCUT2D eigenvalue weighted by molar-refractivity contribution is 5.04. The fourth-order valence-corrected chi connectivity index (χ4v) is 1.51. The monoisotopic (exact) mass is 225 g/mol. The van der Waals surface area contributed by atoms with Gasteiger partial charge in [-0.15, -0.1) is 0 Å². The summed E-state index contributed by atoms with van der Waals surface area (Å²) in [6.07, 6.45) is 3.48. The molecule has 16 heavy (non-hydrogen) atoms. The van der Waals surface area contributed by atoms with Crippen LogP contribution in [-0.2, 0) is 4.74 Å². The highest BCUT2D eigenvalue weighted by atomic mass is 16.5. The molecule has 0 spiro atoms. The predicted molar refractivity (Wildman–Crippen MR) is 65.1 cm³/mol. The van der Waals surface area contributed by atoms with E-state index in [0.29, 0.717) is 5.92 Å². The lowest BCUT2D eigenvalue weighted by Crippen LogP contribution is -2.29. The smallest absolute Gasteiger partial charge is 0.134 e. The van der Waals surface area contributed by atoms with Crippen molar-refractivity contribution in [1.82, 2.24) is 0 Å². The third kappa shape index (κ3) is 3.99. The van der Waals surface area contributed by atoms with E-state index in [1.165, 1.54) is 0 Å². The normalized spacial score (nSPS) is 15.3. The first kappa shape index (κ1) is 13.3. The van der Waals surface area contributed by atoms with Crippen LogP contribution in [0.1, 0.15) is 45.5 Å². The SMILES string of the molecule is CCC(N)C(OCCC(C)C)c1ccco1. The first-order valence-corrected chi connectivity index (χ1v) is 6.05. The van der Waals surface area contributed by atoms with Gasteiger partial charge in [-0.25, -0.2) is 0 Å². The lowest BCUT2D eigenvalue weighted by Gasteiger charge is -2.21. The molecule has 0 aliphatic carbocycles. The molecular formula is C13H23NO2. The average molecular weight is 225 g/mol. The second-order valence-electron chi connectivity index (χ2n) is 4.56. The molecule has 0 amide bonds. The average Bonchev–Trinajstić information content (AvgIpc) is 2.76. The van der Waals surface area contributed by atoms with Gasteiger partial charge in [0.05, 0.1) is 6.26 Å². The molecule has 0 saturated carbocycles. The summed E-state index contributed by atoms with van der Waals surface area (Å²) in [7, 11) is 0. The Labute approximate surface area is 98.0 Å². The summed E-state index contributed by atoms with van der Waals surface area (Å²) in [5.74, 6) is 1.48. The van der Waals surface area contributed by atoms with E-state index in [2.05, 4.69) is 20.8 Å². The van der Waals surface area contributed by atoms with Gasteiger partial charge in [0, 0.05) is 12.6 Å². The highest BCUT2D eigenvalue weighted by Crippen LogP contribution is 2.23. The molecule has 0 aliphatic rings. The van der Waals surface area contributed by atoms with Crippen LogP contribution in [0, 0.1) is 5.92 Å². The van der Waals surface area contributed by atoms with E-state index in [-0.39, 0.29) is 12.1 Å². The van der Waals surface area contributed by atoms with Crippen LogP contribution in [-0.4, -0.2) is 12.6 Å². The second kappa shape index (κ2) is 6.71. The Balaban J connectivity index is 2.52. The van der Waals surface area contributed by atoms with Crippen LogP contribution in [0.15, 0.2) is 22.8 Å². The Morgan fingerprint density at radius 2 is 2.19 bits per heavy atom. The van der Waals surface area contributed by atoms with Gasteiger partial charge >= 0.3 is 0 Å². The van der Waals surface area contributed by atoms with Gasteiger partial charge in [-0.1, -0.05) is 20.8 Å². The van der Waals surface area contributed by atoms with Crippen molar-refractivity contribution in [3.05, 3.63) is 24.2 Å². The van der Waals surface area contributed by atoms with E-state index in [0.717, 1.165) is 25.2 Å². The number of nitrogens with two attached hydrogens (primary N) is 1. The van der Waals surface area contributed by atoms with E-state index in [1.807, 2.05) is 12.1 Å². The quantitative estimate of drug-likeness (QED) is 0.775. The summed E-state index contributed by atoms with van der Waals surface area (Å²) in [5, 5.41) is 0. The number of furan rings is 1. The van der Waals surface area contributed by atoms with Crippen molar-refractivity contribution in [2.24, 2.45) is 11.7 Å². The zero-order valence-electron chi connectivity index (χ0n) is 10.5. The van der Waals surface area contributed by atoms with Crippen molar-refractivity contribution >= 4 is 0 Å². The van der Waals surface area contributed by atoms with E-state index >= 15 is 0 Å². The molecule has 0 fully saturated rings. The maximum absolute atomic E-state index is 6.04. The highest BCUT2D eigenvalue weighted by Gasteiger charge is 2.21. The van der Waals surface area contributed by atoms with Gasteiger partial charge in [-0.3, -0.25) is 0 Å². The molecule has 0 aromatic carbocycles. The molecule has 1 aromatic heterocycles. The lowest BCUT2D eigenvalue weighted by atomic mass is 10.1. The van der Waals surface area contributed by atoms with Crippen LogP contribution in [0.2, 0.25) is 0 Å². The molecule has 1 heterocycles. The minimum absolute atomic E-state index is 0.00156. The molecule has 0 bridgehead atoms. The van der Waals surface area contributed by atoms with Gasteiger partial charge in [0.15, 0.2) is 0 Å². The minimum atomic E-state index is -0.112. The summed E-state index contributed by atoms with van der Waals surface area (Å²) in [6.45, 7) is 7.17. The Hall–Kier alpha value is -0.800. The summed E-state index contributed by atoms with van der Waals surface area (Å²) >= 11 is 0. The Morgan fingerprint density at radius 1 is 1.44 bits per heavy atom. The molecule has 2 atom stereocenters. The van der Waals surface area contributed by atoms with Gasteiger partial charge in [0.2, 0.25) is 0 Å². The van der Waals surface area contributed by atoms with Crippen molar-refractivity contribution in [2.75, 3.05) is 6.61 Å². The zero-order valence-corrected chi connectivity index (χ0v) is 10.5. The maximum atomic E-state index is 6.04. The van der Waals surface area contributed by atoms with Crippen molar-refractivity contribution in [3.63, 3.8) is 0 Å². The van der Waals surface area contributed by atoms with Gasteiger partial charge < -0.3 is 14.9 Å². The van der Waals surface area contributed by atoms with Crippen LogP contribution < -0.4 is 5.73 Å². The van der Waals surface area contributed by atoms with Crippen molar-refractivity contribution in [3.8, 4) is 0 Å². The molecule has 3 heteroatoms. The van der Waals surface area contributed by atoms with E-state index in [1.54, 1.807) is 6.26 Å². The molecule has 0 radical (unpaired) electrons. The summed E-state index contributed by atoms with van der Waals surface area (Å²) in [4.78, 5) is 0. The van der Waals surface area contributed by atoms with Gasteiger partial charge in [-0.2, -0.15) is 0 Å². The zero-order chi connectivity index (χ0) is 12.0. The van der Waals surface area contributed by atoms with Crippen molar-refractivity contribution in [1.29, 1.82) is 0 Å². The Kier molecular flexibility index (Phi) is 5.56. The van der Waals surface area contributed by atoms with Crippen LogP contribution >= 0.6 is 0 Å². The predicted octanol–water partition coefficient (Wildman–Crippen LogP) is 3.12. The molecule has 2 N–H and O–H groups in total. The summed E-state index contributed by atoms with van der Waals surface area (Å²) < 4.78 is 11.2. The van der Waals surface area contributed by atoms with Crippen molar-refractivity contribution < 1.29 is 9.15 Å². The van der Waals surface area contributed by atoms with Crippen LogP contribution in [0.4, 0.5) is 0 Å². The first-order chi connectivity index (χ1) is 7.65. The molecule has 1 rings (SSSR count). The maximum Gasteiger partial charge on any atom is 0.134 e. The number of hydrogen-bond donors (Lipinski definition) is 1. The van der Waals surface area contributed by atoms with E-state index < -0.39 is 0 Å². The number of hydrogen-bond acceptors (Lipinski definition) is 3. The summed E-state index contributed by atoms with van der Waals surface area (Å²) in [6, 6.07) is 3.80. The third-order valence-electron chi connectivity index (χ3n) is 2.68. The fourth-order valence-electron chi connectivity index (χ4n) is 1.51. The Morgan fingerprint density at radius 3 is 2.69 bits per heavy atom. The van der Waals surface area contributed by atoms with Crippen LogP contribution in [0.5, 0.6) is 0 Å². The second-order valence-corrected chi connectivity index (χ2v) is 4.56. The molecule has 2 unspecified atom stereocenters. The van der Waals surface area contributed by atoms with Crippen LogP contribution in [0.3, 0.4) is 0 Å². The van der Waals surface area contributed by atoms with Crippen LogP contribution in [0.25, 0.3) is 0 Å². The third-order valence-corrected chi connectivity index (χ3v) is 2.68. The number of rotatable bonds is 7. The largest absolute Gasteiger partial charge is 0.467 e. The standard InChI is InChI=1S/C13H23NO2/c1-4-11(14)13(12-6-5-8-15-12)16-9-7-10(2)3/h5-6,8,10-11,13H,4,7,9,14H2,1-3H3. The lowest BCUT2D eigenvalue weighted by molar-refractivity contribution is 0.0138. The number of ether oxygens (including phenoxy) is 1. The molecule has 0 saturated heterocycles. The minimum Gasteiger partial charge on any atom is -0.467 e. The molecule has 0 aliphatic heterocycles. The summed E-state index contributed by atoms with van der Waals surface area (Å²) in [5.41, 5.74) is 6.04. The van der Waals surface area contributed by atoms with Crippen molar-refractivity contribution in [2.45, 2.75) is 45.8 Å². The van der Waals surface area contributed by atoms with E-state index in [4.69, 9.17) is 14.9 Å². The van der Waals surface area contributed by atoms with Gasteiger partial charge in [0.1, 0.15) is 11.9 Å². The van der Waals surface area contributed by atoms with Gasteiger partial charge in [0.25, 0.3) is 0 Å². The topological polar surface area (TPSA) is 48.4 Å². The van der Waals surface area contributed by atoms with Gasteiger partial charge in [-0.05, 0) is 30.9 Å². The molecule has 3 nitrogen and oxygen atoms in total. The van der Waals surface area contributed by atoms with E-state index in [9.17, 15) is 0 Å². The molecule has 92 valence electrons. The molecular weight excluding hydrogens is 202 g/mol. The fraction of sp³-hybridized carbons (Fsp3) is 0.692.